The molecule has 34 heavy (non-hydrogen) atoms. The van der Waals surface area contributed by atoms with Crippen LogP contribution in [0.2, 0.25) is 0 Å². The topological polar surface area (TPSA) is 74.8 Å². The predicted octanol–water partition coefficient (Wildman–Crippen LogP) is 6.33. The lowest BCUT2D eigenvalue weighted by atomic mass is 9.69. The van der Waals surface area contributed by atoms with Crippen molar-refractivity contribution in [1.82, 2.24) is 9.97 Å². The number of aromatic nitrogens is 2. The van der Waals surface area contributed by atoms with Crippen molar-refractivity contribution in [2.75, 3.05) is 5.32 Å². The summed E-state index contributed by atoms with van der Waals surface area (Å²) in [6.45, 7) is 6.30. The Kier molecular flexibility index (Phi) is 6.02. The van der Waals surface area contributed by atoms with Crippen LogP contribution in [0.25, 0.3) is 0 Å². The lowest BCUT2D eigenvalue weighted by Crippen LogP contribution is -2.37. The van der Waals surface area contributed by atoms with Gasteiger partial charge in [0.2, 0.25) is 0 Å². The highest BCUT2D eigenvalue weighted by atomic mass is 79.9. The lowest BCUT2D eigenvalue weighted by molar-refractivity contribution is -0.118. The number of Topliss-reactive ketones (excluding diaryl/α,β-unsaturated/α-hetero) is 1. The quantitative estimate of drug-likeness (QED) is 0.301. The molecule has 5 nitrogen and oxygen atoms in total. The van der Waals surface area contributed by atoms with Gasteiger partial charge in [0.1, 0.15) is 5.82 Å². The molecule has 2 N–H and O–H groups in total. The van der Waals surface area contributed by atoms with Crippen LogP contribution in [0.3, 0.4) is 0 Å². The minimum absolute atomic E-state index is 0.0923. The fourth-order valence-corrected chi connectivity index (χ4v) is 6.07. The number of nitrogens with zero attached hydrogens (tertiary/aromatic N) is 1. The third-order valence-electron chi connectivity index (χ3n) is 6.53. The Balaban J connectivity index is 1.59. The second-order valence-electron chi connectivity index (χ2n) is 9.79. The number of allylic oxidation sites excluding steroid dienone is 2. The van der Waals surface area contributed by atoms with Crippen molar-refractivity contribution in [1.29, 1.82) is 0 Å². The average molecular weight is 536 g/mol. The Morgan fingerprint density at radius 1 is 1.09 bits per heavy atom. The fourth-order valence-electron chi connectivity index (χ4n) is 4.87. The summed E-state index contributed by atoms with van der Waals surface area (Å²) < 4.78 is 0.950. The first-order valence-corrected chi connectivity index (χ1v) is 13.1. The molecule has 0 bridgehead atoms. The minimum Gasteiger partial charge on any atom is -0.343 e. The molecule has 0 spiro atoms. The van der Waals surface area contributed by atoms with Crippen molar-refractivity contribution in [3.63, 3.8) is 0 Å². The van der Waals surface area contributed by atoms with Gasteiger partial charge in [-0.05, 0) is 47.6 Å². The molecule has 0 fully saturated rings. The first-order chi connectivity index (χ1) is 16.2. The number of ketones is 1. The van der Waals surface area contributed by atoms with Gasteiger partial charge in [-0.25, -0.2) is 4.98 Å². The van der Waals surface area contributed by atoms with Gasteiger partial charge < -0.3 is 10.3 Å². The summed E-state index contributed by atoms with van der Waals surface area (Å²) in [4.78, 5) is 34.6. The van der Waals surface area contributed by atoms with E-state index >= 15 is 0 Å². The number of nitrogens with one attached hydrogen (secondary N) is 2. The number of carbonyl (C=O) groups is 1. The number of rotatable bonds is 4. The first kappa shape index (κ1) is 23.1. The molecule has 2 aliphatic rings. The van der Waals surface area contributed by atoms with Crippen LogP contribution in [0.4, 0.5) is 5.82 Å². The summed E-state index contributed by atoms with van der Waals surface area (Å²) in [6.07, 6.45) is 1.20. The molecule has 1 atom stereocenters. The second-order valence-corrected chi connectivity index (χ2v) is 11.7. The number of H-pyrrole nitrogens is 1. The summed E-state index contributed by atoms with van der Waals surface area (Å²) >= 11 is 5.00. The molecule has 2 heterocycles. The van der Waals surface area contributed by atoms with E-state index in [-0.39, 0.29) is 16.8 Å². The highest BCUT2D eigenvalue weighted by Crippen LogP contribution is 2.47. The van der Waals surface area contributed by atoms with Crippen molar-refractivity contribution in [3.8, 4) is 0 Å². The zero-order valence-corrected chi connectivity index (χ0v) is 21.8. The molecule has 0 amide bonds. The Morgan fingerprint density at radius 3 is 2.56 bits per heavy atom. The number of carbonyl (C=O) groups excluding carboxylic acids is 1. The molecule has 0 unspecified atom stereocenters. The van der Waals surface area contributed by atoms with Gasteiger partial charge in [-0.1, -0.05) is 77.9 Å². The summed E-state index contributed by atoms with van der Waals surface area (Å²) in [5, 5.41) is 3.96. The zero-order chi connectivity index (χ0) is 24.0. The van der Waals surface area contributed by atoms with Crippen LogP contribution in [0, 0.1) is 12.3 Å². The monoisotopic (exact) mass is 535 g/mol. The van der Waals surface area contributed by atoms with Crippen LogP contribution >= 0.6 is 27.7 Å². The van der Waals surface area contributed by atoms with E-state index in [9.17, 15) is 9.59 Å². The highest BCUT2D eigenvalue weighted by Gasteiger charge is 2.42. The normalized spacial score (nSPS) is 18.8. The standard InChI is InChI=1S/C27H26BrN3O2S/c1-15-6-4-5-7-17(15)14-34-26-30-24-23(25(33)31-26)21(16-8-10-18(28)11-9-16)22-19(29-24)12-27(2,3)13-20(22)32/h4-11,21H,12-14H2,1-3H3,(H2,29,30,31,33)/t21-/m0/s1. The Morgan fingerprint density at radius 2 is 1.82 bits per heavy atom. The fraction of sp³-hybridized carbons (Fsp3) is 0.296. The van der Waals surface area contributed by atoms with Crippen molar-refractivity contribution in [3.05, 3.63) is 96.9 Å². The smallest absolute Gasteiger partial charge is 0.257 e. The molecular formula is C27H26BrN3O2S. The molecule has 1 aromatic heterocycles. The number of aryl methyl sites for hydroxylation is 1. The van der Waals surface area contributed by atoms with Crippen LogP contribution in [0.5, 0.6) is 0 Å². The molecule has 0 saturated carbocycles. The number of fused-ring (bicyclic) bond motifs is 1. The summed E-state index contributed by atoms with van der Waals surface area (Å²) in [7, 11) is 0. The lowest BCUT2D eigenvalue weighted by Gasteiger charge is -2.38. The van der Waals surface area contributed by atoms with Crippen LogP contribution in [-0.2, 0) is 10.5 Å². The van der Waals surface area contributed by atoms with E-state index in [1.165, 1.54) is 22.9 Å². The van der Waals surface area contributed by atoms with Gasteiger partial charge in [-0.3, -0.25) is 9.59 Å². The van der Waals surface area contributed by atoms with E-state index in [2.05, 4.69) is 59.1 Å². The number of benzene rings is 2. The van der Waals surface area contributed by atoms with Crippen molar-refractivity contribution in [2.45, 2.75) is 50.4 Å². The van der Waals surface area contributed by atoms with Gasteiger partial charge in [-0.2, -0.15) is 0 Å². The molecular weight excluding hydrogens is 510 g/mol. The van der Waals surface area contributed by atoms with E-state index in [4.69, 9.17) is 4.98 Å². The van der Waals surface area contributed by atoms with E-state index < -0.39 is 5.92 Å². The molecule has 7 heteroatoms. The van der Waals surface area contributed by atoms with Crippen LogP contribution in [0.15, 0.2) is 74.2 Å². The molecule has 3 aromatic rings. The highest BCUT2D eigenvalue weighted by molar-refractivity contribution is 9.10. The molecule has 2 aromatic carbocycles. The third-order valence-corrected chi connectivity index (χ3v) is 7.98. The van der Waals surface area contributed by atoms with Crippen LogP contribution in [0.1, 0.15) is 54.9 Å². The molecule has 0 radical (unpaired) electrons. The van der Waals surface area contributed by atoms with Crippen LogP contribution < -0.4 is 10.9 Å². The minimum atomic E-state index is -0.436. The number of halogens is 1. The van der Waals surface area contributed by atoms with E-state index in [0.717, 1.165) is 22.2 Å². The van der Waals surface area contributed by atoms with Gasteiger partial charge in [0, 0.05) is 33.8 Å². The van der Waals surface area contributed by atoms with Gasteiger partial charge >= 0.3 is 0 Å². The Bertz CT molecular complexity index is 1380. The summed E-state index contributed by atoms with van der Waals surface area (Å²) in [5.41, 5.74) is 5.07. The number of thioether (sulfide) groups is 1. The summed E-state index contributed by atoms with van der Waals surface area (Å²) in [6, 6.07) is 16.1. The van der Waals surface area contributed by atoms with E-state index in [1.807, 2.05) is 36.4 Å². The maximum absolute atomic E-state index is 13.4. The maximum atomic E-state index is 13.4. The average Bonchev–Trinajstić information content (AvgIpc) is 2.77. The SMILES string of the molecule is Cc1ccccc1CSc1nc2c(c(=O)[nH]1)[C@@H](c1ccc(Br)cc1)C1=C(CC(C)(C)CC1=O)N2. The summed E-state index contributed by atoms with van der Waals surface area (Å²) in [5.74, 6) is 0.918. The number of anilines is 1. The van der Waals surface area contributed by atoms with Gasteiger partial charge in [0.25, 0.3) is 5.56 Å². The van der Waals surface area contributed by atoms with Crippen molar-refractivity contribution < 1.29 is 4.79 Å². The molecule has 5 rings (SSSR count). The Hall–Kier alpha value is -2.64. The van der Waals surface area contributed by atoms with Gasteiger partial charge in [0.15, 0.2) is 10.9 Å². The maximum Gasteiger partial charge on any atom is 0.257 e. The number of hydrogen-bond donors (Lipinski definition) is 2. The first-order valence-electron chi connectivity index (χ1n) is 11.3. The van der Waals surface area contributed by atoms with Crippen LogP contribution in [-0.4, -0.2) is 15.8 Å². The Labute approximate surface area is 211 Å². The van der Waals surface area contributed by atoms with E-state index in [1.54, 1.807) is 0 Å². The van der Waals surface area contributed by atoms with Crippen molar-refractivity contribution >= 4 is 39.3 Å². The molecule has 1 aliphatic heterocycles. The number of hydrogen-bond acceptors (Lipinski definition) is 5. The zero-order valence-electron chi connectivity index (χ0n) is 19.4. The molecule has 1 aliphatic carbocycles. The molecule has 0 saturated heterocycles. The largest absolute Gasteiger partial charge is 0.343 e. The molecule has 174 valence electrons. The van der Waals surface area contributed by atoms with E-state index in [0.29, 0.717) is 34.3 Å². The van der Waals surface area contributed by atoms with Gasteiger partial charge in [0.05, 0.1) is 5.56 Å². The van der Waals surface area contributed by atoms with Crippen molar-refractivity contribution in [2.24, 2.45) is 5.41 Å². The third kappa shape index (κ3) is 4.39. The predicted molar refractivity (Wildman–Crippen MR) is 140 cm³/mol. The second kappa shape index (κ2) is 8.86. The van der Waals surface area contributed by atoms with Gasteiger partial charge in [-0.15, -0.1) is 0 Å². The number of aromatic amines is 1.